The van der Waals surface area contributed by atoms with Crippen molar-refractivity contribution in [1.29, 1.82) is 0 Å². The van der Waals surface area contributed by atoms with E-state index in [-0.39, 0.29) is 30.3 Å². The van der Waals surface area contributed by atoms with Gasteiger partial charge < -0.3 is 16.0 Å². The van der Waals surface area contributed by atoms with Crippen molar-refractivity contribution >= 4 is 34.7 Å². The average molecular weight is 502 g/mol. The van der Waals surface area contributed by atoms with Crippen LogP contribution in [0.15, 0.2) is 30.9 Å². The topological polar surface area (TPSA) is 113 Å². The zero-order valence-electron chi connectivity index (χ0n) is 19.9. The van der Waals surface area contributed by atoms with Gasteiger partial charge in [0, 0.05) is 37.9 Å². The van der Waals surface area contributed by atoms with Gasteiger partial charge in [0.05, 0.1) is 39.9 Å². The van der Waals surface area contributed by atoms with Crippen molar-refractivity contribution in [2.45, 2.75) is 51.2 Å². The Balaban J connectivity index is 1.57. The molecule has 1 saturated carbocycles. The number of nitrogens with zero attached hydrogens (tertiary/aromatic N) is 4. The van der Waals surface area contributed by atoms with Crippen LogP contribution in [0.1, 0.15) is 49.9 Å². The summed E-state index contributed by atoms with van der Waals surface area (Å²) >= 11 is 6.00. The summed E-state index contributed by atoms with van der Waals surface area (Å²) in [5, 5.41) is 13.5. The standard InChI is InChI=1S/C24H29ClFN7O2/c1-24(2,26)13-30-20-8-19(17-11-31-33-12-15(25)9-29-21(17)33)28-10-18(20)23(35)32-16-6-4-14(5-7-16)22(34)27-3/h8-12,14,16H,4-7,13H2,1-3H3,(H,27,34)(H,28,30)(H,32,35)/t14-,16-. The van der Waals surface area contributed by atoms with E-state index in [1.54, 1.807) is 30.0 Å². The number of aromatic nitrogens is 4. The molecule has 186 valence electrons. The van der Waals surface area contributed by atoms with Crippen molar-refractivity contribution < 1.29 is 14.0 Å². The molecule has 3 aromatic heterocycles. The number of amides is 2. The van der Waals surface area contributed by atoms with Gasteiger partial charge in [-0.15, -0.1) is 0 Å². The second-order valence-electron chi connectivity index (χ2n) is 9.42. The Morgan fingerprint density at radius 1 is 1.17 bits per heavy atom. The third kappa shape index (κ3) is 5.87. The molecule has 0 unspecified atom stereocenters. The number of anilines is 1. The van der Waals surface area contributed by atoms with Gasteiger partial charge in [0.2, 0.25) is 5.91 Å². The molecule has 35 heavy (non-hydrogen) atoms. The Morgan fingerprint density at radius 2 is 1.91 bits per heavy atom. The van der Waals surface area contributed by atoms with Gasteiger partial charge in [-0.3, -0.25) is 14.6 Å². The van der Waals surface area contributed by atoms with Gasteiger partial charge in [-0.2, -0.15) is 5.10 Å². The summed E-state index contributed by atoms with van der Waals surface area (Å²) in [6.07, 6.45) is 9.12. The van der Waals surface area contributed by atoms with Gasteiger partial charge in [0.15, 0.2) is 5.65 Å². The van der Waals surface area contributed by atoms with Crippen LogP contribution in [-0.4, -0.2) is 56.7 Å². The van der Waals surface area contributed by atoms with Crippen molar-refractivity contribution in [3.05, 3.63) is 41.4 Å². The van der Waals surface area contributed by atoms with E-state index in [1.807, 2.05) is 0 Å². The minimum Gasteiger partial charge on any atom is -0.381 e. The number of fused-ring (bicyclic) bond motifs is 1. The van der Waals surface area contributed by atoms with Crippen LogP contribution in [0.2, 0.25) is 5.02 Å². The zero-order valence-corrected chi connectivity index (χ0v) is 20.7. The summed E-state index contributed by atoms with van der Waals surface area (Å²) in [5.41, 5.74) is 1.05. The van der Waals surface area contributed by atoms with Gasteiger partial charge in [0.25, 0.3) is 5.91 Å². The highest BCUT2D eigenvalue weighted by Gasteiger charge is 2.28. The predicted octanol–water partition coefficient (Wildman–Crippen LogP) is 3.64. The number of halogens is 2. The van der Waals surface area contributed by atoms with Crippen LogP contribution < -0.4 is 16.0 Å². The van der Waals surface area contributed by atoms with Gasteiger partial charge in [-0.05, 0) is 45.6 Å². The van der Waals surface area contributed by atoms with Crippen LogP contribution >= 0.6 is 11.6 Å². The monoisotopic (exact) mass is 501 g/mol. The van der Waals surface area contributed by atoms with E-state index < -0.39 is 5.67 Å². The summed E-state index contributed by atoms with van der Waals surface area (Å²) in [5.74, 6) is -0.275. The first-order valence-electron chi connectivity index (χ1n) is 11.6. The van der Waals surface area contributed by atoms with Crippen molar-refractivity contribution in [1.82, 2.24) is 30.2 Å². The highest BCUT2D eigenvalue weighted by Crippen LogP contribution is 2.29. The van der Waals surface area contributed by atoms with Gasteiger partial charge in [0.1, 0.15) is 5.67 Å². The zero-order chi connectivity index (χ0) is 25.2. The smallest absolute Gasteiger partial charge is 0.255 e. The first-order valence-corrected chi connectivity index (χ1v) is 12.0. The molecule has 11 heteroatoms. The molecular formula is C24H29ClFN7O2. The molecule has 0 spiro atoms. The molecule has 0 aromatic carbocycles. The lowest BCUT2D eigenvalue weighted by molar-refractivity contribution is -0.125. The molecule has 4 rings (SSSR count). The summed E-state index contributed by atoms with van der Waals surface area (Å²) in [6, 6.07) is 1.67. The molecule has 3 N–H and O–H groups in total. The molecule has 3 aromatic rings. The summed E-state index contributed by atoms with van der Waals surface area (Å²) in [4.78, 5) is 33.9. The van der Waals surface area contributed by atoms with E-state index in [0.717, 1.165) is 0 Å². The van der Waals surface area contributed by atoms with E-state index in [0.29, 0.717) is 58.9 Å². The lowest BCUT2D eigenvalue weighted by Crippen LogP contribution is -2.40. The van der Waals surface area contributed by atoms with E-state index in [9.17, 15) is 14.0 Å². The summed E-state index contributed by atoms with van der Waals surface area (Å²) in [7, 11) is 1.64. The lowest BCUT2D eigenvalue weighted by Gasteiger charge is -2.28. The maximum absolute atomic E-state index is 14.3. The SMILES string of the molecule is CNC(=O)[C@H]1CC[C@H](NC(=O)c2cnc(-c3cnn4cc(Cl)cnc34)cc2NCC(C)(C)F)CC1. The van der Waals surface area contributed by atoms with Crippen LogP contribution in [-0.2, 0) is 4.79 Å². The summed E-state index contributed by atoms with van der Waals surface area (Å²) in [6.45, 7) is 2.94. The first-order chi connectivity index (χ1) is 16.6. The van der Waals surface area contributed by atoms with Crippen LogP contribution in [0.3, 0.4) is 0 Å². The first kappa shape index (κ1) is 24.8. The molecule has 1 aliphatic carbocycles. The molecule has 0 bridgehead atoms. The Morgan fingerprint density at radius 3 is 2.60 bits per heavy atom. The van der Waals surface area contributed by atoms with Crippen LogP contribution in [0.25, 0.3) is 16.9 Å². The molecule has 0 saturated heterocycles. The van der Waals surface area contributed by atoms with E-state index >= 15 is 0 Å². The van der Waals surface area contributed by atoms with Crippen LogP contribution in [0.5, 0.6) is 0 Å². The van der Waals surface area contributed by atoms with E-state index in [2.05, 4.69) is 31.0 Å². The lowest BCUT2D eigenvalue weighted by atomic mass is 9.85. The number of carbonyl (C=O) groups excluding carboxylic acids is 2. The number of hydrogen-bond donors (Lipinski definition) is 3. The second-order valence-corrected chi connectivity index (χ2v) is 9.86. The fraction of sp³-hybridized carbons (Fsp3) is 0.458. The third-order valence-corrected chi connectivity index (χ3v) is 6.32. The molecule has 3 heterocycles. The maximum Gasteiger partial charge on any atom is 0.255 e. The molecular weight excluding hydrogens is 473 g/mol. The van der Waals surface area contributed by atoms with Gasteiger partial charge in [-0.1, -0.05) is 11.6 Å². The third-order valence-electron chi connectivity index (χ3n) is 6.13. The van der Waals surface area contributed by atoms with Crippen LogP contribution in [0.4, 0.5) is 10.1 Å². The Hall–Kier alpha value is -3.27. The number of nitrogens with one attached hydrogen (secondary N) is 3. The maximum atomic E-state index is 14.3. The van der Waals surface area contributed by atoms with E-state index in [4.69, 9.17) is 11.6 Å². The Kier molecular flexibility index (Phi) is 7.20. The number of rotatable bonds is 7. The molecule has 2 amide bonds. The van der Waals surface area contributed by atoms with E-state index in [1.165, 1.54) is 26.2 Å². The molecule has 0 aliphatic heterocycles. The highest BCUT2D eigenvalue weighted by atomic mass is 35.5. The number of alkyl halides is 1. The summed E-state index contributed by atoms with van der Waals surface area (Å²) < 4.78 is 15.8. The van der Waals surface area contributed by atoms with Gasteiger partial charge >= 0.3 is 0 Å². The number of pyridine rings is 1. The quantitative estimate of drug-likeness (QED) is 0.455. The van der Waals surface area contributed by atoms with Crippen LogP contribution in [0, 0.1) is 5.92 Å². The van der Waals surface area contributed by atoms with Crippen molar-refractivity contribution in [3.63, 3.8) is 0 Å². The average Bonchev–Trinajstić information content (AvgIpc) is 3.25. The number of carbonyl (C=O) groups is 2. The molecule has 0 atom stereocenters. The minimum atomic E-state index is -1.49. The minimum absolute atomic E-state index is 0.0105. The highest BCUT2D eigenvalue weighted by molar-refractivity contribution is 6.30. The molecule has 0 radical (unpaired) electrons. The van der Waals surface area contributed by atoms with Crippen molar-refractivity contribution in [3.8, 4) is 11.3 Å². The fourth-order valence-corrected chi connectivity index (χ4v) is 4.38. The number of hydrogen-bond acceptors (Lipinski definition) is 6. The molecule has 1 aliphatic rings. The molecule has 1 fully saturated rings. The second kappa shape index (κ2) is 10.2. The predicted molar refractivity (Wildman–Crippen MR) is 132 cm³/mol. The van der Waals surface area contributed by atoms with Crippen molar-refractivity contribution in [2.75, 3.05) is 18.9 Å². The Bertz CT molecular complexity index is 1230. The normalized spacial score (nSPS) is 18.3. The Labute approximate surface area is 207 Å². The van der Waals surface area contributed by atoms with Gasteiger partial charge in [-0.25, -0.2) is 13.9 Å². The molecule has 9 nitrogen and oxygen atoms in total. The largest absolute Gasteiger partial charge is 0.381 e. The van der Waals surface area contributed by atoms with Crippen molar-refractivity contribution in [2.24, 2.45) is 5.92 Å². The fourth-order valence-electron chi connectivity index (χ4n) is 4.24.